The van der Waals surface area contributed by atoms with Gasteiger partial charge in [-0.3, -0.25) is 0 Å². The van der Waals surface area contributed by atoms with Gasteiger partial charge in [-0.1, -0.05) is 11.6 Å². The van der Waals surface area contributed by atoms with Crippen LogP contribution in [0.1, 0.15) is 15.9 Å². The van der Waals surface area contributed by atoms with Crippen molar-refractivity contribution in [1.29, 1.82) is 0 Å². The molecular formula is C13H17FO4. The van der Waals surface area contributed by atoms with Crippen LogP contribution in [0.5, 0.6) is 0 Å². The van der Waals surface area contributed by atoms with E-state index in [1.807, 2.05) is 0 Å². The fourth-order valence-corrected chi connectivity index (χ4v) is 1.31. The molecular weight excluding hydrogens is 239 g/mol. The van der Waals surface area contributed by atoms with Crippen molar-refractivity contribution in [3.05, 3.63) is 35.1 Å². The van der Waals surface area contributed by atoms with Crippen LogP contribution < -0.4 is 0 Å². The maximum atomic E-state index is 13.3. The summed E-state index contributed by atoms with van der Waals surface area (Å²) in [4.78, 5) is 11.6. The van der Waals surface area contributed by atoms with Gasteiger partial charge in [0.2, 0.25) is 0 Å². The fraction of sp³-hybridized carbons (Fsp3) is 0.462. The lowest BCUT2D eigenvalue weighted by atomic mass is 10.1. The van der Waals surface area contributed by atoms with Crippen LogP contribution in [0.3, 0.4) is 0 Å². The zero-order valence-electron chi connectivity index (χ0n) is 10.6. The Morgan fingerprint density at radius 3 is 2.67 bits per heavy atom. The molecule has 0 aromatic heterocycles. The molecule has 0 fully saturated rings. The van der Waals surface area contributed by atoms with E-state index < -0.39 is 11.8 Å². The number of methoxy groups -OCH3 is 1. The number of hydrogen-bond acceptors (Lipinski definition) is 4. The monoisotopic (exact) mass is 256 g/mol. The van der Waals surface area contributed by atoms with Crippen LogP contribution in [0.25, 0.3) is 0 Å². The molecule has 18 heavy (non-hydrogen) atoms. The number of esters is 1. The average Bonchev–Trinajstić information content (AvgIpc) is 2.36. The van der Waals surface area contributed by atoms with E-state index in [2.05, 4.69) is 0 Å². The van der Waals surface area contributed by atoms with Crippen molar-refractivity contribution in [2.45, 2.75) is 6.92 Å². The van der Waals surface area contributed by atoms with E-state index in [0.29, 0.717) is 13.2 Å². The first-order chi connectivity index (χ1) is 8.65. The zero-order valence-corrected chi connectivity index (χ0v) is 10.6. The second-order valence-electron chi connectivity index (χ2n) is 3.72. The highest BCUT2D eigenvalue weighted by molar-refractivity contribution is 5.89. The molecule has 0 heterocycles. The van der Waals surface area contributed by atoms with E-state index in [1.54, 1.807) is 20.1 Å². The summed E-state index contributed by atoms with van der Waals surface area (Å²) >= 11 is 0. The van der Waals surface area contributed by atoms with Crippen molar-refractivity contribution in [2.24, 2.45) is 0 Å². The fourth-order valence-electron chi connectivity index (χ4n) is 1.31. The number of ether oxygens (including phenoxy) is 3. The predicted molar refractivity (Wildman–Crippen MR) is 64.1 cm³/mol. The highest BCUT2D eigenvalue weighted by Gasteiger charge is 2.12. The molecule has 0 aliphatic carbocycles. The third-order valence-corrected chi connectivity index (χ3v) is 2.23. The lowest BCUT2D eigenvalue weighted by molar-refractivity contribution is 0.0210. The maximum Gasteiger partial charge on any atom is 0.341 e. The third kappa shape index (κ3) is 4.81. The van der Waals surface area contributed by atoms with E-state index in [1.165, 1.54) is 12.1 Å². The molecule has 0 radical (unpaired) electrons. The van der Waals surface area contributed by atoms with Crippen molar-refractivity contribution in [1.82, 2.24) is 0 Å². The van der Waals surface area contributed by atoms with Gasteiger partial charge in [0, 0.05) is 7.11 Å². The Hall–Kier alpha value is -1.46. The molecule has 0 aliphatic rings. The van der Waals surface area contributed by atoms with Gasteiger partial charge in [-0.2, -0.15) is 0 Å². The quantitative estimate of drug-likeness (QED) is 0.552. The molecule has 1 aromatic rings. The van der Waals surface area contributed by atoms with Crippen molar-refractivity contribution in [3.63, 3.8) is 0 Å². The lowest BCUT2D eigenvalue weighted by Crippen LogP contribution is -2.13. The normalized spacial score (nSPS) is 10.4. The van der Waals surface area contributed by atoms with E-state index in [0.717, 1.165) is 5.56 Å². The van der Waals surface area contributed by atoms with E-state index in [4.69, 9.17) is 14.2 Å². The molecule has 100 valence electrons. The molecule has 0 saturated heterocycles. The third-order valence-electron chi connectivity index (χ3n) is 2.23. The van der Waals surface area contributed by atoms with Crippen LogP contribution in [-0.4, -0.2) is 39.5 Å². The van der Waals surface area contributed by atoms with Crippen molar-refractivity contribution < 1.29 is 23.4 Å². The number of aryl methyl sites for hydroxylation is 1. The molecule has 5 heteroatoms. The molecule has 4 nitrogen and oxygen atoms in total. The Labute approximate surface area is 106 Å². The molecule has 0 aliphatic heterocycles. The van der Waals surface area contributed by atoms with Gasteiger partial charge in [0.15, 0.2) is 0 Å². The summed E-state index contributed by atoms with van der Waals surface area (Å²) in [5.74, 6) is -1.25. The van der Waals surface area contributed by atoms with Gasteiger partial charge in [-0.25, -0.2) is 9.18 Å². The van der Waals surface area contributed by atoms with Gasteiger partial charge < -0.3 is 14.2 Å². The second-order valence-corrected chi connectivity index (χ2v) is 3.72. The van der Waals surface area contributed by atoms with Crippen LogP contribution in [0, 0.1) is 12.7 Å². The molecule has 0 atom stereocenters. The minimum absolute atomic E-state index is 0.0492. The van der Waals surface area contributed by atoms with Crippen molar-refractivity contribution in [3.8, 4) is 0 Å². The molecule has 0 N–H and O–H groups in total. The Bertz CT molecular complexity index is 393. The molecule has 0 unspecified atom stereocenters. The van der Waals surface area contributed by atoms with Gasteiger partial charge in [0.1, 0.15) is 12.4 Å². The lowest BCUT2D eigenvalue weighted by Gasteiger charge is -2.07. The maximum absolute atomic E-state index is 13.3. The average molecular weight is 256 g/mol. The van der Waals surface area contributed by atoms with Gasteiger partial charge >= 0.3 is 5.97 Å². The van der Waals surface area contributed by atoms with E-state index in [9.17, 15) is 9.18 Å². The minimum atomic E-state index is -0.674. The Kier molecular flexibility index (Phi) is 6.32. The summed E-state index contributed by atoms with van der Waals surface area (Å²) in [5, 5.41) is 0. The van der Waals surface area contributed by atoms with Gasteiger partial charge in [-0.05, 0) is 19.1 Å². The first-order valence-electron chi connectivity index (χ1n) is 5.65. The van der Waals surface area contributed by atoms with Crippen molar-refractivity contribution in [2.75, 3.05) is 33.5 Å². The SMILES string of the molecule is COCCOCCOC(=O)c1cc(C)ccc1F. The van der Waals surface area contributed by atoms with Gasteiger partial charge in [-0.15, -0.1) is 0 Å². The predicted octanol–water partition coefficient (Wildman–Crippen LogP) is 1.95. The van der Waals surface area contributed by atoms with Crippen LogP contribution in [-0.2, 0) is 14.2 Å². The molecule has 0 spiro atoms. The molecule has 1 rings (SSSR count). The number of carbonyl (C=O) groups is 1. The topological polar surface area (TPSA) is 44.8 Å². The largest absolute Gasteiger partial charge is 0.460 e. The summed E-state index contributed by atoms with van der Waals surface area (Å²) in [7, 11) is 1.57. The number of halogens is 1. The Balaban J connectivity index is 2.34. The van der Waals surface area contributed by atoms with Gasteiger partial charge in [0.25, 0.3) is 0 Å². The smallest absolute Gasteiger partial charge is 0.341 e. The zero-order chi connectivity index (χ0) is 13.4. The summed E-state index contributed by atoms with van der Waals surface area (Å²) in [6.07, 6.45) is 0. The summed E-state index contributed by atoms with van der Waals surface area (Å²) < 4.78 is 28.2. The molecule has 1 aromatic carbocycles. The standard InChI is InChI=1S/C13H17FO4/c1-10-3-4-12(14)11(9-10)13(15)18-8-7-17-6-5-16-2/h3-4,9H,5-8H2,1-2H3. The van der Waals surface area contributed by atoms with Crippen LogP contribution in [0.2, 0.25) is 0 Å². The van der Waals surface area contributed by atoms with E-state index >= 15 is 0 Å². The molecule has 0 amide bonds. The molecule has 0 bridgehead atoms. The number of benzene rings is 1. The number of hydrogen-bond donors (Lipinski definition) is 0. The number of carbonyl (C=O) groups excluding carboxylic acids is 1. The Morgan fingerprint density at radius 2 is 1.94 bits per heavy atom. The first-order valence-corrected chi connectivity index (χ1v) is 5.65. The van der Waals surface area contributed by atoms with Crippen LogP contribution in [0.15, 0.2) is 18.2 Å². The first kappa shape index (κ1) is 14.6. The van der Waals surface area contributed by atoms with Gasteiger partial charge in [0.05, 0.1) is 25.4 Å². The number of rotatable bonds is 7. The summed E-state index contributed by atoms with van der Waals surface area (Å²) in [6, 6.07) is 4.31. The second kappa shape index (κ2) is 7.79. The van der Waals surface area contributed by atoms with Crippen LogP contribution >= 0.6 is 0 Å². The minimum Gasteiger partial charge on any atom is -0.460 e. The van der Waals surface area contributed by atoms with Crippen LogP contribution in [0.4, 0.5) is 4.39 Å². The summed E-state index contributed by atoms with van der Waals surface area (Å²) in [5.41, 5.74) is 0.756. The summed E-state index contributed by atoms with van der Waals surface area (Å²) in [6.45, 7) is 3.07. The highest BCUT2D eigenvalue weighted by Crippen LogP contribution is 2.11. The van der Waals surface area contributed by atoms with E-state index in [-0.39, 0.29) is 18.8 Å². The Morgan fingerprint density at radius 1 is 1.22 bits per heavy atom. The van der Waals surface area contributed by atoms with Crippen molar-refractivity contribution >= 4 is 5.97 Å². The molecule has 0 saturated carbocycles. The highest BCUT2D eigenvalue weighted by atomic mass is 19.1.